The molecule has 0 bridgehead atoms. The highest BCUT2D eigenvalue weighted by Crippen LogP contribution is 2.21. The molecule has 2 N–H and O–H groups in total. The highest BCUT2D eigenvalue weighted by Gasteiger charge is 2.27. The van der Waals surface area contributed by atoms with Crippen LogP contribution in [0.3, 0.4) is 0 Å². The molecule has 0 heterocycles. The maximum absolute atomic E-state index is 12.0. The zero-order chi connectivity index (χ0) is 14.6. The molecular weight excluding hydrogens is 332 g/mol. The molecule has 0 saturated carbocycles. The minimum absolute atomic E-state index is 0.131. The largest absolute Gasteiger partial charge is 0.359 e. The number of halogens is 2. The van der Waals surface area contributed by atoms with E-state index in [-0.39, 0.29) is 18.4 Å². The zero-order valence-corrected chi connectivity index (χ0v) is 13.4. The van der Waals surface area contributed by atoms with E-state index < -0.39 is 5.41 Å². The Balaban J connectivity index is 2.76. The first kappa shape index (κ1) is 16.0. The summed E-state index contributed by atoms with van der Waals surface area (Å²) in [4.78, 5) is 23.6. The minimum atomic E-state index is -0.678. The lowest BCUT2D eigenvalue weighted by molar-refractivity contribution is -0.128. The van der Waals surface area contributed by atoms with E-state index in [1.54, 1.807) is 39.1 Å². The molecular formula is C13H16BrClN2O2. The van der Waals surface area contributed by atoms with Crippen molar-refractivity contribution in [1.82, 2.24) is 10.6 Å². The lowest BCUT2D eigenvalue weighted by atomic mass is 9.92. The first-order chi connectivity index (χ1) is 8.77. The number of benzene rings is 1. The topological polar surface area (TPSA) is 58.2 Å². The Labute approximate surface area is 126 Å². The standard InChI is InChI=1S/C13H16BrClN2O2/c1-13(2,12(19)16-3)7-17-11(18)9-6-8(14)4-5-10(9)15/h4-6H,7H2,1-3H3,(H,16,19)(H,17,18). The van der Waals surface area contributed by atoms with E-state index >= 15 is 0 Å². The van der Waals surface area contributed by atoms with Gasteiger partial charge in [-0.2, -0.15) is 0 Å². The van der Waals surface area contributed by atoms with Crippen molar-refractivity contribution in [2.24, 2.45) is 5.41 Å². The van der Waals surface area contributed by atoms with E-state index in [1.807, 2.05) is 0 Å². The second-order valence-corrected chi connectivity index (χ2v) is 6.09. The Morgan fingerprint density at radius 2 is 2.00 bits per heavy atom. The van der Waals surface area contributed by atoms with Gasteiger partial charge in [0.05, 0.1) is 16.0 Å². The highest BCUT2D eigenvalue weighted by atomic mass is 79.9. The Morgan fingerprint density at radius 3 is 2.58 bits per heavy atom. The SMILES string of the molecule is CNC(=O)C(C)(C)CNC(=O)c1cc(Br)ccc1Cl. The average Bonchev–Trinajstić information content (AvgIpc) is 2.37. The van der Waals surface area contributed by atoms with Crippen molar-refractivity contribution in [3.63, 3.8) is 0 Å². The van der Waals surface area contributed by atoms with Crippen molar-refractivity contribution in [2.45, 2.75) is 13.8 Å². The number of hydrogen-bond acceptors (Lipinski definition) is 2. The quantitative estimate of drug-likeness (QED) is 0.879. The number of carbonyl (C=O) groups excluding carboxylic acids is 2. The molecule has 4 nitrogen and oxygen atoms in total. The molecule has 0 unspecified atom stereocenters. The van der Waals surface area contributed by atoms with E-state index in [0.717, 1.165) is 4.47 Å². The zero-order valence-electron chi connectivity index (χ0n) is 11.0. The van der Waals surface area contributed by atoms with Crippen LogP contribution in [0.4, 0.5) is 0 Å². The summed E-state index contributed by atoms with van der Waals surface area (Å²) in [5, 5.41) is 5.66. The Bertz CT molecular complexity index is 503. The molecule has 0 aliphatic rings. The maximum atomic E-state index is 12.0. The van der Waals surface area contributed by atoms with Crippen LogP contribution in [-0.2, 0) is 4.79 Å². The van der Waals surface area contributed by atoms with E-state index in [1.165, 1.54) is 0 Å². The van der Waals surface area contributed by atoms with Crippen LogP contribution < -0.4 is 10.6 Å². The summed E-state index contributed by atoms with van der Waals surface area (Å²) >= 11 is 9.26. The summed E-state index contributed by atoms with van der Waals surface area (Å²) in [7, 11) is 1.57. The van der Waals surface area contributed by atoms with Crippen molar-refractivity contribution in [1.29, 1.82) is 0 Å². The van der Waals surface area contributed by atoms with Gasteiger partial charge in [0.25, 0.3) is 5.91 Å². The number of amides is 2. The maximum Gasteiger partial charge on any atom is 0.252 e. The molecule has 1 aromatic carbocycles. The van der Waals surface area contributed by atoms with Crippen molar-refractivity contribution in [3.05, 3.63) is 33.3 Å². The molecule has 0 aliphatic carbocycles. The molecule has 0 atom stereocenters. The number of hydrogen-bond donors (Lipinski definition) is 2. The van der Waals surface area contributed by atoms with Gasteiger partial charge in [0.15, 0.2) is 0 Å². The molecule has 6 heteroatoms. The molecule has 0 aliphatic heterocycles. The predicted molar refractivity (Wildman–Crippen MR) is 79.3 cm³/mol. The van der Waals surface area contributed by atoms with Gasteiger partial charge >= 0.3 is 0 Å². The minimum Gasteiger partial charge on any atom is -0.359 e. The average molecular weight is 348 g/mol. The summed E-state index contributed by atoms with van der Waals surface area (Å²) in [5.74, 6) is -0.434. The molecule has 0 radical (unpaired) electrons. The second-order valence-electron chi connectivity index (χ2n) is 4.77. The lowest BCUT2D eigenvalue weighted by Crippen LogP contribution is -2.43. The summed E-state index contributed by atoms with van der Waals surface area (Å²) in [5.41, 5.74) is -0.299. The van der Waals surface area contributed by atoms with Crippen molar-refractivity contribution < 1.29 is 9.59 Å². The summed E-state index contributed by atoms with van der Waals surface area (Å²) in [6.07, 6.45) is 0. The molecule has 104 valence electrons. The summed E-state index contributed by atoms with van der Waals surface area (Å²) in [6.45, 7) is 3.75. The van der Waals surface area contributed by atoms with Crippen LogP contribution in [0.25, 0.3) is 0 Å². The Morgan fingerprint density at radius 1 is 1.37 bits per heavy atom. The molecule has 19 heavy (non-hydrogen) atoms. The molecule has 0 aromatic heterocycles. The van der Waals surface area contributed by atoms with Crippen LogP contribution in [-0.4, -0.2) is 25.4 Å². The fraction of sp³-hybridized carbons (Fsp3) is 0.385. The normalized spacial score (nSPS) is 11.0. The van der Waals surface area contributed by atoms with E-state index in [2.05, 4.69) is 26.6 Å². The summed E-state index contributed by atoms with van der Waals surface area (Å²) in [6, 6.07) is 5.04. The van der Waals surface area contributed by atoms with Crippen LogP contribution in [0, 0.1) is 5.41 Å². The summed E-state index contributed by atoms with van der Waals surface area (Å²) < 4.78 is 0.771. The molecule has 0 spiro atoms. The molecule has 1 rings (SSSR count). The van der Waals surface area contributed by atoms with Gasteiger partial charge in [-0.25, -0.2) is 0 Å². The molecule has 0 saturated heterocycles. The molecule has 1 aromatic rings. The number of carbonyl (C=O) groups is 2. The number of rotatable bonds is 4. The first-order valence-electron chi connectivity index (χ1n) is 5.73. The monoisotopic (exact) mass is 346 g/mol. The van der Waals surface area contributed by atoms with E-state index in [4.69, 9.17) is 11.6 Å². The fourth-order valence-corrected chi connectivity index (χ4v) is 2.05. The second kappa shape index (κ2) is 6.39. The van der Waals surface area contributed by atoms with Crippen LogP contribution in [0.2, 0.25) is 5.02 Å². The Hall–Kier alpha value is -1.07. The Kier molecular flexibility index (Phi) is 5.38. The lowest BCUT2D eigenvalue weighted by Gasteiger charge is -2.22. The van der Waals surface area contributed by atoms with Gasteiger partial charge < -0.3 is 10.6 Å². The van der Waals surface area contributed by atoms with E-state index in [0.29, 0.717) is 10.6 Å². The van der Waals surface area contributed by atoms with Gasteiger partial charge in [-0.1, -0.05) is 27.5 Å². The van der Waals surface area contributed by atoms with Crippen molar-refractivity contribution >= 4 is 39.3 Å². The first-order valence-corrected chi connectivity index (χ1v) is 6.90. The van der Waals surface area contributed by atoms with Gasteiger partial charge in [0.2, 0.25) is 5.91 Å². The highest BCUT2D eigenvalue weighted by molar-refractivity contribution is 9.10. The van der Waals surface area contributed by atoms with Crippen LogP contribution in [0.15, 0.2) is 22.7 Å². The van der Waals surface area contributed by atoms with Crippen LogP contribution in [0.1, 0.15) is 24.2 Å². The van der Waals surface area contributed by atoms with Crippen LogP contribution in [0.5, 0.6) is 0 Å². The molecule has 2 amide bonds. The van der Waals surface area contributed by atoms with Gasteiger partial charge in [-0.15, -0.1) is 0 Å². The third kappa shape index (κ3) is 4.21. The van der Waals surface area contributed by atoms with Gasteiger partial charge in [0, 0.05) is 18.1 Å². The van der Waals surface area contributed by atoms with Gasteiger partial charge in [0.1, 0.15) is 0 Å². The third-order valence-electron chi connectivity index (χ3n) is 2.71. The van der Waals surface area contributed by atoms with Gasteiger partial charge in [-0.3, -0.25) is 9.59 Å². The molecule has 0 fully saturated rings. The fourth-order valence-electron chi connectivity index (χ4n) is 1.49. The van der Waals surface area contributed by atoms with Crippen molar-refractivity contribution in [3.8, 4) is 0 Å². The smallest absolute Gasteiger partial charge is 0.252 e. The van der Waals surface area contributed by atoms with Gasteiger partial charge in [-0.05, 0) is 32.0 Å². The number of nitrogens with one attached hydrogen (secondary N) is 2. The van der Waals surface area contributed by atoms with Crippen LogP contribution >= 0.6 is 27.5 Å². The van der Waals surface area contributed by atoms with E-state index in [9.17, 15) is 9.59 Å². The third-order valence-corrected chi connectivity index (χ3v) is 3.53. The van der Waals surface area contributed by atoms with Crippen molar-refractivity contribution in [2.75, 3.05) is 13.6 Å². The predicted octanol–water partition coefficient (Wildman–Crippen LogP) is 2.60.